The van der Waals surface area contributed by atoms with Gasteiger partial charge in [-0.15, -0.1) is 0 Å². The largest absolute Gasteiger partial charge is 0.481 e. The number of furan rings is 1. The molecule has 3 nitrogen and oxygen atoms in total. The zero-order chi connectivity index (χ0) is 16.9. The molecule has 2 unspecified atom stereocenters. The van der Waals surface area contributed by atoms with Crippen molar-refractivity contribution < 1.29 is 14.3 Å². The lowest BCUT2D eigenvalue weighted by Gasteiger charge is -2.39. The van der Waals surface area contributed by atoms with E-state index >= 15 is 0 Å². The first-order valence-corrected chi connectivity index (χ1v) is 8.51. The van der Waals surface area contributed by atoms with Gasteiger partial charge in [0.05, 0.1) is 17.9 Å². The van der Waals surface area contributed by atoms with Gasteiger partial charge in [-0.3, -0.25) is 4.79 Å². The molecule has 1 aromatic rings. The number of carboxylic acid groups (broad SMARTS) is 1. The Labute approximate surface area is 139 Å². The van der Waals surface area contributed by atoms with Crippen molar-refractivity contribution in [1.82, 2.24) is 0 Å². The van der Waals surface area contributed by atoms with E-state index in [1.165, 1.54) is 11.1 Å². The SMILES string of the molecule is C=C1CCCC(C)(C(=O)O)C1CC/C(C)=C/CCc1ccoc1. The molecule has 0 aromatic carbocycles. The van der Waals surface area contributed by atoms with Crippen molar-refractivity contribution >= 4 is 5.97 Å². The van der Waals surface area contributed by atoms with Crippen molar-refractivity contribution in [1.29, 1.82) is 0 Å². The van der Waals surface area contributed by atoms with E-state index in [1.54, 1.807) is 12.5 Å². The second-order valence-electron chi connectivity index (χ2n) is 7.05. The summed E-state index contributed by atoms with van der Waals surface area (Å²) >= 11 is 0. The third-order valence-electron chi connectivity index (χ3n) is 5.28. The van der Waals surface area contributed by atoms with E-state index in [0.717, 1.165) is 50.5 Å². The van der Waals surface area contributed by atoms with E-state index in [0.29, 0.717) is 0 Å². The summed E-state index contributed by atoms with van der Waals surface area (Å²) in [6, 6.07) is 1.99. The molecular weight excluding hydrogens is 288 g/mol. The van der Waals surface area contributed by atoms with Gasteiger partial charge in [-0.05, 0) is 76.3 Å². The minimum absolute atomic E-state index is 0.0889. The molecule has 0 bridgehead atoms. The van der Waals surface area contributed by atoms with Gasteiger partial charge >= 0.3 is 5.97 Å². The van der Waals surface area contributed by atoms with Crippen LogP contribution in [0.2, 0.25) is 0 Å². The van der Waals surface area contributed by atoms with Crippen molar-refractivity contribution in [3.63, 3.8) is 0 Å². The molecule has 2 atom stereocenters. The van der Waals surface area contributed by atoms with Gasteiger partial charge in [0, 0.05) is 0 Å². The molecular formula is C20H28O3. The lowest BCUT2D eigenvalue weighted by molar-refractivity contribution is -0.152. The molecule has 0 saturated heterocycles. The molecule has 1 aliphatic rings. The normalized spacial score (nSPS) is 25.6. The van der Waals surface area contributed by atoms with Crippen molar-refractivity contribution in [2.45, 2.75) is 58.8 Å². The number of hydrogen-bond acceptors (Lipinski definition) is 2. The molecule has 0 amide bonds. The molecule has 1 aromatic heterocycles. The van der Waals surface area contributed by atoms with Crippen LogP contribution in [0.15, 0.2) is 46.8 Å². The first-order valence-electron chi connectivity index (χ1n) is 8.51. The predicted molar refractivity (Wildman–Crippen MR) is 92.2 cm³/mol. The maximum Gasteiger partial charge on any atom is 0.309 e. The fourth-order valence-electron chi connectivity index (χ4n) is 3.65. The molecule has 1 saturated carbocycles. The van der Waals surface area contributed by atoms with Crippen molar-refractivity contribution in [2.75, 3.05) is 0 Å². The molecule has 126 valence electrons. The molecule has 1 heterocycles. The Morgan fingerprint density at radius 1 is 1.57 bits per heavy atom. The summed E-state index contributed by atoms with van der Waals surface area (Å²) in [4.78, 5) is 11.7. The Hall–Kier alpha value is -1.77. The van der Waals surface area contributed by atoms with E-state index in [-0.39, 0.29) is 5.92 Å². The van der Waals surface area contributed by atoms with Crippen LogP contribution in [-0.2, 0) is 11.2 Å². The Morgan fingerprint density at radius 2 is 2.35 bits per heavy atom. The van der Waals surface area contributed by atoms with E-state index in [2.05, 4.69) is 19.6 Å². The van der Waals surface area contributed by atoms with E-state index in [1.807, 2.05) is 13.0 Å². The molecule has 0 radical (unpaired) electrons. The smallest absolute Gasteiger partial charge is 0.309 e. The fraction of sp³-hybridized carbons (Fsp3) is 0.550. The summed E-state index contributed by atoms with van der Waals surface area (Å²) in [5.41, 5.74) is 3.02. The first-order chi connectivity index (χ1) is 10.9. The monoisotopic (exact) mass is 316 g/mol. The van der Waals surface area contributed by atoms with Crippen molar-refractivity contribution in [3.8, 4) is 0 Å². The molecule has 0 spiro atoms. The van der Waals surface area contributed by atoms with E-state index in [4.69, 9.17) is 4.42 Å². The highest BCUT2D eigenvalue weighted by Gasteiger charge is 2.44. The summed E-state index contributed by atoms with van der Waals surface area (Å²) in [7, 11) is 0. The molecule has 2 rings (SSSR count). The molecule has 1 fully saturated rings. The minimum Gasteiger partial charge on any atom is -0.481 e. The molecule has 3 heteroatoms. The van der Waals surface area contributed by atoms with Crippen LogP contribution in [0.1, 0.15) is 57.9 Å². The van der Waals surface area contributed by atoms with Crippen molar-refractivity contribution in [3.05, 3.63) is 48.0 Å². The Morgan fingerprint density at radius 3 is 3.00 bits per heavy atom. The minimum atomic E-state index is -0.676. The number of rotatable bonds is 7. The molecule has 1 aliphatic carbocycles. The average Bonchev–Trinajstić information content (AvgIpc) is 3.00. The van der Waals surface area contributed by atoms with E-state index < -0.39 is 11.4 Å². The standard InChI is InChI=1S/C20H28O3/c1-15(6-4-8-17-11-13-23-14-17)9-10-18-16(2)7-5-12-20(18,3)19(21)22/h6,11,13-14,18H,2,4-5,7-10,12H2,1,3H3,(H,21,22)/b15-6+. The Balaban J connectivity index is 1.89. The lowest BCUT2D eigenvalue weighted by atomic mass is 9.64. The Bertz CT molecular complexity index is 568. The second kappa shape index (κ2) is 7.67. The highest BCUT2D eigenvalue weighted by molar-refractivity contribution is 5.75. The van der Waals surface area contributed by atoms with Crippen LogP contribution in [-0.4, -0.2) is 11.1 Å². The fourth-order valence-corrected chi connectivity index (χ4v) is 3.65. The number of carbonyl (C=O) groups is 1. The molecule has 0 aliphatic heterocycles. The highest BCUT2D eigenvalue weighted by Crippen LogP contribution is 2.46. The zero-order valence-corrected chi connectivity index (χ0v) is 14.3. The Kier molecular flexibility index (Phi) is 5.86. The van der Waals surface area contributed by atoms with Gasteiger partial charge in [0.25, 0.3) is 0 Å². The number of allylic oxidation sites excluding steroid dienone is 3. The summed E-state index contributed by atoms with van der Waals surface area (Å²) in [6.45, 7) is 8.18. The number of carboxylic acids is 1. The van der Waals surface area contributed by atoms with Gasteiger partial charge in [0.1, 0.15) is 0 Å². The van der Waals surface area contributed by atoms with Gasteiger partial charge in [0.15, 0.2) is 0 Å². The number of hydrogen-bond donors (Lipinski definition) is 1. The summed E-state index contributed by atoms with van der Waals surface area (Å²) < 4.78 is 5.07. The maximum absolute atomic E-state index is 11.7. The third kappa shape index (κ3) is 4.37. The first kappa shape index (κ1) is 17.6. The second-order valence-corrected chi connectivity index (χ2v) is 7.05. The summed E-state index contributed by atoms with van der Waals surface area (Å²) in [6.07, 6.45) is 12.2. The average molecular weight is 316 g/mol. The molecule has 1 N–H and O–H groups in total. The van der Waals surface area contributed by atoms with Crippen LogP contribution >= 0.6 is 0 Å². The van der Waals surface area contributed by atoms with Crippen LogP contribution in [0, 0.1) is 11.3 Å². The zero-order valence-electron chi connectivity index (χ0n) is 14.3. The highest BCUT2D eigenvalue weighted by atomic mass is 16.4. The van der Waals surface area contributed by atoms with Gasteiger partial charge < -0.3 is 9.52 Å². The van der Waals surface area contributed by atoms with Gasteiger partial charge in [-0.2, -0.15) is 0 Å². The lowest BCUT2D eigenvalue weighted by Crippen LogP contribution is -2.39. The summed E-state index contributed by atoms with van der Waals surface area (Å²) in [5, 5.41) is 9.63. The number of aliphatic carboxylic acids is 1. The van der Waals surface area contributed by atoms with Crippen LogP contribution in [0.3, 0.4) is 0 Å². The van der Waals surface area contributed by atoms with E-state index in [9.17, 15) is 9.90 Å². The number of aryl methyl sites for hydroxylation is 1. The van der Waals surface area contributed by atoms with Crippen molar-refractivity contribution in [2.24, 2.45) is 11.3 Å². The van der Waals surface area contributed by atoms with Crippen LogP contribution in [0.25, 0.3) is 0 Å². The molecule has 23 heavy (non-hydrogen) atoms. The van der Waals surface area contributed by atoms with Crippen LogP contribution < -0.4 is 0 Å². The topological polar surface area (TPSA) is 50.4 Å². The van der Waals surface area contributed by atoms with Crippen LogP contribution in [0.4, 0.5) is 0 Å². The maximum atomic E-state index is 11.7. The van der Waals surface area contributed by atoms with Gasteiger partial charge in [-0.25, -0.2) is 0 Å². The summed E-state index contributed by atoms with van der Waals surface area (Å²) in [5.74, 6) is -0.587. The quantitative estimate of drug-likeness (QED) is 0.686. The third-order valence-corrected chi connectivity index (χ3v) is 5.28. The van der Waals surface area contributed by atoms with Gasteiger partial charge in [-0.1, -0.05) is 23.8 Å². The van der Waals surface area contributed by atoms with Crippen LogP contribution in [0.5, 0.6) is 0 Å². The van der Waals surface area contributed by atoms with Gasteiger partial charge in [0.2, 0.25) is 0 Å². The predicted octanol–water partition coefficient (Wildman–Crippen LogP) is 5.39.